The van der Waals surface area contributed by atoms with Crippen molar-refractivity contribution in [3.8, 4) is 5.75 Å². The van der Waals surface area contributed by atoms with E-state index < -0.39 is 11.7 Å². The Morgan fingerprint density at radius 3 is 2.41 bits per heavy atom. The summed E-state index contributed by atoms with van der Waals surface area (Å²) in [6.45, 7) is 3.00. The molecular formula is C12H16F3NO. The monoisotopic (exact) mass is 247 g/mol. The fourth-order valence-electron chi connectivity index (χ4n) is 1.65. The Morgan fingerprint density at radius 1 is 1.29 bits per heavy atom. The van der Waals surface area contributed by atoms with Crippen molar-refractivity contribution in [3.05, 3.63) is 29.8 Å². The van der Waals surface area contributed by atoms with Gasteiger partial charge < -0.3 is 10.1 Å². The van der Waals surface area contributed by atoms with Crippen molar-refractivity contribution in [1.82, 2.24) is 5.32 Å². The van der Waals surface area contributed by atoms with Crippen molar-refractivity contribution in [2.45, 2.75) is 25.6 Å². The predicted molar refractivity (Wildman–Crippen MR) is 60.1 cm³/mol. The van der Waals surface area contributed by atoms with Crippen LogP contribution in [-0.2, 0) is 5.54 Å². The normalized spacial score (nSPS) is 15.4. The molecule has 1 unspecified atom stereocenters. The molecule has 0 fully saturated rings. The zero-order valence-corrected chi connectivity index (χ0v) is 10.1. The molecule has 2 nitrogen and oxygen atoms in total. The number of halogens is 3. The van der Waals surface area contributed by atoms with Crippen LogP contribution in [0.5, 0.6) is 5.75 Å². The maximum Gasteiger partial charge on any atom is 0.410 e. The third-order valence-electron chi connectivity index (χ3n) is 2.74. The largest absolute Gasteiger partial charge is 0.497 e. The van der Waals surface area contributed by atoms with Crippen molar-refractivity contribution in [1.29, 1.82) is 0 Å². The standard InChI is InChI=1S/C12H16F3NO/c1-4-16-11(2,12(13,14)15)9-6-5-7-10(8-9)17-3/h5-8,16H,4H2,1-3H3. The number of hydrogen-bond donors (Lipinski definition) is 1. The maximum atomic E-state index is 13.1. The van der Waals surface area contributed by atoms with Crippen LogP contribution < -0.4 is 10.1 Å². The van der Waals surface area contributed by atoms with Crippen molar-refractivity contribution in [2.75, 3.05) is 13.7 Å². The summed E-state index contributed by atoms with van der Waals surface area (Å²) >= 11 is 0. The highest BCUT2D eigenvalue weighted by Crippen LogP contribution is 2.39. The van der Waals surface area contributed by atoms with Crippen LogP contribution in [-0.4, -0.2) is 19.8 Å². The molecule has 0 saturated carbocycles. The second kappa shape index (κ2) is 4.96. The lowest BCUT2D eigenvalue weighted by atomic mass is 9.91. The summed E-state index contributed by atoms with van der Waals surface area (Å²) in [7, 11) is 1.43. The minimum atomic E-state index is -4.37. The number of benzene rings is 1. The van der Waals surface area contributed by atoms with Gasteiger partial charge in [-0.05, 0) is 31.2 Å². The number of ether oxygens (including phenoxy) is 1. The van der Waals surface area contributed by atoms with Gasteiger partial charge in [0.25, 0.3) is 0 Å². The predicted octanol–water partition coefficient (Wildman–Crippen LogP) is 3.08. The number of nitrogens with one attached hydrogen (secondary N) is 1. The molecule has 1 aromatic carbocycles. The van der Waals surface area contributed by atoms with E-state index in [1.807, 2.05) is 0 Å². The van der Waals surface area contributed by atoms with Crippen molar-refractivity contribution in [3.63, 3.8) is 0 Å². The number of rotatable bonds is 4. The van der Waals surface area contributed by atoms with Crippen LogP contribution in [0.15, 0.2) is 24.3 Å². The summed E-state index contributed by atoms with van der Waals surface area (Å²) in [5, 5.41) is 2.49. The number of alkyl halides is 3. The molecule has 0 amide bonds. The van der Waals surface area contributed by atoms with Gasteiger partial charge in [-0.15, -0.1) is 0 Å². The summed E-state index contributed by atoms with van der Waals surface area (Å²) in [5.41, 5.74) is -1.91. The quantitative estimate of drug-likeness (QED) is 0.882. The van der Waals surface area contributed by atoms with Crippen molar-refractivity contribution < 1.29 is 17.9 Å². The topological polar surface area (TPSA) is 21.3 Å². The van der Waals surface area contributed by atoms with E-state index in [0.29, 0.717) is 5.75 Å². The van der Waals surface area contributed by atoms with Crippen molar-refractivity contribution in [2.24, 2.45) is 0 Å². The molecule has 1 atom stereocenters. The molecule has 17 heavy (non-hydrogen) atoms. The van der Waals surface area contributed by atoms with Gasteiger partial charge in [-0.2, -0.15) is 13.2 Å². The lowest BCUT2D eigenvalue weighted by Gasteiger charge is -2.33. The molecule has 0 radical (unpaired) electrons. The second-order valence-electron chi connectivity index (χ2n) is 3.89. The Bertz CT molecular complexity index is 378. The van der Waals surface area contributed by atoms with Crippen LogP contribution in [0, 0.1) is 0 Å². The average Bonchev–Trinajstić information content (AvgIpc) is 2.28. The van der Waals surface area contributed by atoms with Gasteiger partial charge in [0.2, 0.25) is 0 Å². The molecule has 5 heteroatoms. The summed E-state index contributed by atoms with van der Waals surface area (Å²) in [5.74, 6) is 0.413. The smallest absolute Gasteiger partial charge is 0.410 e. The minimum Gasteiger partial charge on any atom is -0.497 e. The Labute approximate surface area is 98.8 Å². The fraction of sp³-hybridized carbons (Fsp3) is 0.500. The van der Waals surface area contributed by atoms with E-state index in [1.165, 1.54) is 19.2 Å². The van der Waals surface area contributed by atoms with E-state index in [1.54, 1.807) is 19.1 Å². The van der Waals surface area contributed by atoms with Crippen LogP contribution >= 0.6 is 0 Å². The molecular weight excluding hydrogens is 231 g/mol. The molecule has 0 aromatic heterocycles. The Balaban J connectivity index is 3.22. The molecule has 1 N–H and O–H groups in total. The van der Waals surface area contributed by atoms with Crippen LogP contribution in [0.3, 0.4) is 0 Å². The average molecular weight is 247 g/mol. The SMILES string of the molecule is CCNC(C)(c1cccc(OC)c1)C(F)(F)F. The third-order valence-corrected chi connectivity index (χ3v) is 2.74. The van der Waals surface area contributed by atoms with E-state index >= 15 is 0 Å². The van der Waals surface area contributed by atoms with Crippen LogP contribution in [0.4, 0.5) is 13.2 Å². The zero-order chi connectivity index (χ0) is 13.1. The highest BCUT2D eigenvalue weighted by atomic mass is 19.4. The molecule has 0 saturated heterocycles. The second-order valence-corrected chi connectivity index (χ2v) is 3.89. The summed E-state index contributed by atoms with van der Waals surface area (Å²) in [6, 6.07) is 6.01. The first-order valence-electron chi connectivity index (χ1n) is 5.31. The maximum absolute atomic E-state index is 13.1. The molecule has 0 aliphatic carbocycles. The van der Waals surface area contributed by atoms with Crippen LogP contribution in [0.25, 0.3) is 0 Å². The van der Waals surface area contributed by atoms with E-state index in [4.69, 9.17) is 4.74 Å². The Hall–Kier alpha value is -1.23. The van der Waals surface area contributed by atoms with Gasteiger partial charge in [-0.25, -0.2) is 0 Å². The Morgan fingerprint density at radius 2 is 1.94 bits per heavy atom. The molecule has 96 valence electrons. The van der Waals surface area contributed by atoms with Gasteiger partial charge >= 0.3 is 6.18 Å². The van der Waals surface area contributed by atoms with Crippen LogP contribution in [0.2, 0.25) is 0 Å². The lowest BCUT2D eigenvalue weighted by Crippen LogP contribution is -2.51. The van der Waals surface area contributed by atoms with Gasteiger partial charge in [0.15, 0.2) is 0 Å². The van der Waals surface area contributed by atoms with Gasteiger partial charge in [0, 0.05) is 0 Å². The summed E-state index contributed by atoms with van der Waals surface area (Å²) in [6.07, 6.45) is -4.37. The molecule has 1 aromatic rings. The highest BCUT2D eigenvalue weighted by Gasteiger charge is 2.51. The zero-order valence-electron chi connectivity index (χ0n) is 10.1. The van der Waals surface area contributed by atoms with Gasteiger partial charge in [0.05, 0.1) is 7.11 Å². The Kier molecular flexibility index (Phi) is 4.03. The fourth-order valence-corrected chi connectivity index (χ4v) is 1.65. The van der Waals surface area contributed by atoms with Gasteiger partial charge in [-0.3, -0.25) is 0 Å². The number of methoxy groups -OCH3 is 1. The number of hydrogen-bond acceptors (Lipinski definition) is 2. The summed E-state index contributed by atoms with van der Waals surface area (Å²) in [4.78, 5) is 0. The van der Waals surface area contributed by atoms with Crippen LogP contribution in [0.1, 0.15) is 19.4 Å². The molecule has 1 rings (SSSR count). The van der Waals surface area contributed by atoms with Gasteiger partial charge in [-0.1, -0.05) is 19.1 Å². The third kappa shape index (κ3) is 2.72. The van der Waals surface area contributed by atoms with Crippen molar-refractivity contribution >= 4 is 0 Å². The van der Waals surface area contributed by atoms with E-state index in [9.17, 15) is 13.2 Å². The lowest BCUT2D eigenvalue weighted by molar-refractivity contribution is -0.195. The highest BCUT2D eigenvalue weighted by molar-refractivity contribution is 5.34. The summed E-state index contributed by atoms with van der Waals surface area (Å²) < 4.78 is 44.3. The first-order valence-corrected chi connectivity index (χ1v) is 5.31. The first kappa shape index (κ1) is 13.8. The molecule has 0 bridgehead atoms. The molecule has 0 heterocycles. The van der Waals surface area contributed by atoms with E-state index in [-0.39, 0.29) is 12.1 Å². The van der Waals surface area contributed by atoms with E-state index in [2.05, 4.69) is 5.32 Å². The molecule has 0 spiro atoms. The molecule has 0 aliphatic heterocycles. The van der Waals surface area contributed by atoms with E-state index in [0.717, 1.165) is 6.92 Å². The first-order chi connectivity index (χ1) is 7.85. The molecule has 0 aliphatic rings. The van der Waals surface area contributed by atoms with Gasteiger partial charge in [0.1, 0.15) is 11.3 Å². The minimum absolute atomic E-state index is 0.145.